The van der Waals surface area contributed by atoms with E-state index in [9.17, 15) is 4.79 Å². The molecule has 100 valence electrons. The van der Waals surface area contributed by atoms with Crippen molar-refractivity contribution in [2.24, 2.45) is 0 Å². The van der Waals surface area contributed by atoms with Crippen LogP contribution in [-0.2, 0) is 16.1 Å². The standard InChI is InChI=1S/C15H18N2O2/c18-13-15(6-7-15)19-14(9-16-10-14)11-17(13)8-12-4-2-1-3-5-12/h1-5,16H,6-11H2. The lowest BCUT2D eigenvalue weighted by Crippen LogP contribution is -2.72. The van der Waals surface area contributed by atoms with Crippen molar-refractivity contribution < 1.29 is 9.53 Å². The molecular formula is C15H18N2O2. The molecule has 1 N–H and O–H groups in total. The van der Waals surface area contributed by atoms with E-state index in [1.54, 1.807) is 0 Å². The van der Waals surface area contributed by atoms with E-state index in [0.717, 1.165) is 32.5 Å². The van der Waals surface area contributed by atoms with Gasteiger partial charge in [-0.25, -0.2) is 0 Å². The molecule has 2 spiro atoms. The maximum atomic E-state index is 12.5. The molecule has 4 rings (SSSR count). The van der Waals surface area contributed by atoms with Gasteiger partial charge in [0.2, 0.25) is 0 Å². The Balaban J connectivity index is 1.58. The number of ether oxygens (including phenoxy) is 1. The predicted octanol–water partition coefficient (Wildman–Crippen LogP) is 0.920. The van der Waals surface area contributed by atoms with E-state index in [-0.39, 0.29) is 11.5 Å². The maximum absolute atomic E-state index is 12.5. The van der Waals surface area contributed by atoms with Crippen LogP contribution >= 0.6 is 0 Å². The van der Waals surface area contributed by atoms with Crippen molar-refractivity contribution in [2.75, 3.05) is 19.6 Å². The smallest absolute Gasteiger partial charge is 0.255 e. The highest BCUT2D eigenvalue weighted by Gasteiger charge is 2.62. The molecule has 2 heterocycles. The highest BCUT2D eigenvalue weighted by Crippen LogP contribution is 2.48. The van der Waals surface area contributed by atoms with Gasteiger partial charge in [0, 0.05) is 19.6 Å². The third-order valence-corrected chi connectivity index (χ3v) is 4.38. The molecular weight excluding hydrogens is 240 g/mol. The van der Waals surface area contributed by atoms with Crippen LogP contribution in [0.15, 0.2) is 30.3 Å². The number of morpholine rings is 1. The molecule has 4 nitrogen and oxygen atoms in total. The fourth-order valence-corrected chi connectivity index (χ4v) is 3.15. The van der Waals surface area contributed by atoms with E-state index in [2.05, 4.69) is 17.4 Å². The molecule has 19 heavy (non-hydrogen) atoms. The van der Waals surface area contributed by atoms with E-state index in [4.69, 9.17) is 4.74 Å². The second kappa shape index (κ2) is 3.81. The first-order valence-corrected chi connectivity index (χ1v) is 6.96. The van der Waals surface area contributed by atoms with Gasteiger partial charge in [-0.15, -0.1) is 0 Å². The summed E-state index contributed by atoms with van der Waals surface area (Å²) in [6, 6.07) is 10.2. The number of rotatable bonds is 2. The summed E-state index contributed by atoms with van der Waals surface area (Å²) in [5, 5.41) is 3.27. The summed E-state index contributed by atoms with van der Waals surface area (Å²) in [6.07, 6.45) is 1.78. The zero-order valence-electron chi connectivity index (χ0n) is 10.9. The van der Waals surface area contributed by atoms with Crippen molar-refractivity contribution in [2.45, 2.75) is 30.6 Å². The monoisotopic (exact) mass is 258 g/mol. The molecule has 0 aromatic heterocycles. The Kier molecular flexibility index (Phi) is 2.29. The lowest BCUT2D eigenvalue weighted by molar-refractivity contribution is -0.202. The Morgan fingerprint density at radius 2 is 1.95 bits per heavy atom. The lowest BCUT2D eigenvalue weighted by atomic mass is 9.92. The number of carbonyl (C=O) groups is 1. The van der Waals surface area contributed by atoms with E-state index < -0.39 is 5.60 Å². The highest BCUT2D eigenvalue weighted by molar-refractivity contribution is 5.89. The summed E-state index contributed by atoms with van der Waals surface area (Å²) < 4.78 is 6.13. The first-order chi connectivity index (χ1) is 9.22. The molecule has 0 unspecified atom stereocenters. The van der Waals surface area contributed by atoms with Crippen LogP contribution in [0.1, 0.15) is 18.4 Å². The molecule has 2 aliphatic heterocycles. The van der Waals surface area contributed by atoms with Gasteiger partial charge >= 0.3 is 0 Å². The number of nitrogens with zero attached hydrogens (tertiary/aromatic N) is 1. The van der Waals surface area contributed by atoms with E-state index in [0.29, 0.717) is 6.54 Å². The minimum absolute atomic E-state index is 0.126. The van der Waals surface area contributed by atoms with E-state index in [1.807, 2.05) is 23.1 Å². The van der Waals surface area contributed by atoms with Crippen LogP contribution in [0.3, 0.4) is 0 Å². The van der Waals surface area contributed by atoms with Crippen LogP contribution in [-0.4, -0.2) is 41.6 Å². The van der Waals surface area contributed by atoms with Crippen molar-refractivity contribution >= 4 is 5.91 Å². The molecule has 1 amide bonds. The third kappa shape index (κ3) is 1.78. The quantitative estimate of drug-likeness (QED) is 0.857. The fourth-order valence-electron chi connectivity index (χ4n) is 3.15. The fraction of sp³-hybridized carbons (Fsp3) is 0.533. The van der Waals surface area contributed by atoms with Gasteiger partial charge in [-0.2, -0.15) is 0 Å². The second-order valence-corrected chi connectivity index (χ2v) is 6.03. The molecule has 1 aliphatic carbocycles. The minimum Gasteiger partial charge on any atom is -0.354 e. The Labute approximate surface area is 112 Å². The summed E-state index contributed by atoms with van der Waals surface area (Å²) in [7, 11) is 0. The Bertz CT molecular complexity index is 506. The van der Waals surface area contributed by atoms with Crippen LogP contribution in [0.2, 0.25) is 0 Å². The van der Waals surface area contributed by atoms with Crippen LogP contribution in [0.5, 0.6) is 0 Å². The Morgan fingerprint density at radius 1 is 1.21 bits per heavy atom. The lowest BCUT2D eigenvalue weighted by Gasteiger charge is -2.51. The van der Waals surface area contributed by atoms with Gasteiger partial charge < -0.3 is 15.0 Å². The molecule has 2 saturated heterocycles. The molecule has 1 aromatic rings. The molecule has 1 saturated carbocycles. The molecule has 3 fully saturated rings. The summed E-state index contributed by atoms with van der Waals surface area (Å²) in [5.74, 6) is 0.189. The molecule has 3 aliphatic rings. The largest absolute Gasteiger partial charge is 0.354 e. The zero-order valence-corrected chi connectivity index (χ0v) is 10.9. The van der Waals surface area contributed by atoms with Crippen molar-refractivity contribution in [1.29, 1.82) is 0 Å². The number of carbonyl (C=O) groups excluding carboxylic acids is 1. The first-order valence-electron chi connectivity index (χ1n) is 6.96. The van der Waals surface area contributed by atoms with Crippen molar-refractivity contribution in [3.63, 3.8) is 0 Å². The number of amides is 1. The van der Waals surface area contributed by atoms with Gasteiger partial charge in [-0.1, -0.05) is 30.3 Å². The average molecular weight is 258 g/mol. The third-order valence-electron chi connectivity index (χ3n) is 4.38. The van der Waals surface area contributed by atoms with Gasteiger partial charge in [-0.3, -0.25) is 4.79 Å². The SMILES string of the molecule is O=C1N(Cc2ccccc2)CC2(CNC2)OC12CC2. The Hall–Kier alpha value is -1.39. The average Bonchev–Trinajstić information content (AvgIpc) is 3.15. The summed E-state index contributed by atoms with van der Waals surface area (Å²) >= 11 is 0. The molecule has 4 heteroatoms. The van der Waals surface area contributed by atoms with Gasteiger partial charge in [0.25, 0.3) is 5.91 Å². The second-order valence-electron chi connectivity index (χ2n) is 6.03. The van der Waals surface area contributed by atoms with Gasteiger partial charge in [0.05, 0.1) is 6.54 Å². The van der Waals surface area contributed by atoms with Gasteiger partial charge in [0.1, 0.15) is 11.2 Å². The molecule has 0 atom stereocenters. The minimum atomic E-state index is -0.477. The van der Waals surface area contributed by atoms with Crippen LogP contribution < -0.4 is 5.32 Å². The van der Waals surface area contributed by atoms with Crippen molar-refractivity contribution in [3.05, 3.63) is 35.9 Å². The van der Waals surface area contributed by atoms with Crippen molar-refractivity contribution in [1.82, 2.24) is 10.2 Å². The summed E-state index contributed by atoms with van der Waals surface area (Å²) in [6.45, 7) is 3.16. The number of hydrogen-bond acceptors (Lipinski definition) is 3. The van der Waals surface area contributed by atoms with Gasteiger partial charge in [0.15, 0.2) is 0 Å². The Morgan fingerprint density at radius 3 is 2.53 bits per heavy atom. The first kappa shape index (κ1) is 11.4. The number of hydrogen-bond donors (Lipinski definition) is 1. The van der Waals surface area contributed by atoms with Gasteiger partial charge in [-0.05, 0) is 18.4 Å². The van der Waals surface area contributed by atoms with Crippen LogP contribution in [0.4, 0.5) is 0 Å². The number of benzene rings is 1. The number of nitrogens with one attached hydrogen (secondary N) is 1. The normalized spacial score (nSPS) is 26.5. The summed E-state index contributed by atoms with van der Waals surface area (Å²) in [4.78, 5) is 14.5. The molecule has 0 bridgehead atoms. The highest BCUT2D eigenvalue weighted by atomic mass is 16.5. The van der Waals surface area contributed by atoms with Crippen molar-refractivity contribution in [3.8, 4) is 0 Å². The van der Waals surface area contributed by atoms with Crippen LogP contribution in [0, 0.1) is 0 Å². The van der Waals surface area contributed by atoms with E-state index >= 15 is 0 Å². The molecule has 0 radical (unpaired) electrons. The summed E-state index contributed by atoms with van der Waals surface area (Å²) in [5.41, 5.74) is 0.588. The van der Waals surface area contributed by atoms with Crippen LogP contribution in [0.25, 0.3) is 0 Å². The molecule has 1 aromatic carbocycles. The van der Waals surface area contributed by atoms with E-state index in [1.165, 1.54) is 5.56 Å². The maximum Gasteiger partial charge on any atom is 0.255 e. The predicted molar refractivity (Wildman–Crippen MR) is 70.5 cm³/mol. The topological polar surface area (TPSA) is 41.6 Å². The zero-order chi connectivity index (χ0) is 12.9.